The van der Waals surface area contributed by atoms with E-state index in [0.717, 1.165) is 12.2 Å². The van der Waals surface area contributed by atoms with Gasteiger partial charge in [0.1, 0.15) is 0 Å². The highest BCUT2D eigenvalue weighted by Gasteiger charge is 2.36. The molecule has 0 fully saturated rings. The molecule has 0 saturated carbocycles. The van der Waals surface area contributed by atoms with Gasteiger partial charge in [0.05, 0.1) is 11.6 Å². The first-order chi connectivity index (χ1) is 7.04. The van der Waals surface area contributed by atoms with Crippen LogP contribution in [0.4, 0.5) is 0 Å². The van der Waals surface area contributed by atoms with Gasteiger partial charge in [-0.25, -0.2) is 0 Å². The molecule has 0 saturated heterocycles. The van der Waals surface area contributed by atoms with Crippen LogP contribution in [-0.4, -0.2) is 25.3 Å². The molecular weight excluding hydrogens is 188 g/mol. The van der Waals surface area contributed by atoms with Gasteiger partial charge >= 0.3 is 0 Å². The largest absolute Gasteiger partial charge is 0.386 e. The summed E-state index contributed by atoms with van der Waals surface area (Å²) in [6, 6.07) is 0. The summed E-state index contributed by atoms with van der Waals surface area (Å²) >= 11 is 0. The first-order valence-corrected chi connectivity index (χ1v) is 5.51. The average molecular weight is 210 g/mol. The molecule has 3 unspecified atom stereocenters. The van der Waals surface area contributed by atoms with Crippen molar-refractivity contribution in [1.29, 1.82) is 0 Å². The molecule has 1 aliphatic carbocycles. The van der Waals surface area contributed by atoms with Crippen LogP contribution in [0, 0.1) is 5.92 Å². The quantitative estimate of drug-likeness (QED) is 0.737. The number of rotatable bonds is 4. The Morgan fingerprint density at radius 2 is 2.33 bits per heavy atom. The Morgan fingerprint density at radius 1 is 1.67 bits per heavy atom. The average Bonchev–Trinajstić information content (AvgIpc) is 2.23. The number of methoxy groups -OCH3 is 1. The molecular formula is C12H22N2O. The highest BCUT2D eigenvalue weighted by Crippen LogP contribution is 2.28. The van der Waals surface area contributed by atoms with Crippen LogP contribution in [0.25, 0.3) is 0 Å². The van der Waals surface area contributed by atoms with Gasteiger partial charge in [0.25, 0.3) is 0 Å². The van der Waals surface area contributed by atoms with Crippen molar-refractivity contribution in [3.8, 4) is 0 Å². The summed E-state index contributed by atoms with van der Waals surface area (Å²) in [5.74, 6) is 0.270. The summed E-state index contributed by atoms with van der Waals surface area (Å²) in [5.41, 5.74) is 7.08. The molecule has 0 aliphatic heterocycles. The molecule has 3 heteroatoms. The van der Waals surface area contributed by atoms with Crippen LogP contribution < -0.4 is 11.1 Å². The Morgan fingerprint density at radius 3 is 2.80 bits per heavy atom. The SMILES string of the molecule is CCNC1=CC(C)C(N)(C(C)OC)C=C1. The van der Waals surface area contributed by atoms with Crippen molar-refractivity contribution < 1.29 is 4.74 Å². The minimum Gasteiger partial charge on any atom is -0.386 e. The lowest BCUT2D eigenvalue weighted by atomic mass is 9.78. The molecule has 0 heterocycles. The summed E-state index contributed by atoms with van der Waals surface area (Å²) < 4.78 is 5.33. The number of hydrogen-bond donors (Lipinski definition) is 2. The zero-order chi connectivity index (χ0) is 11.5. The van der Waals surface area contributed by atoms with Gasteiger partial charge in [0.2, 0.25) is 0 Å². The van der Waals surface area contributed by atoms with Crippen molar-refractivity contribution in [3.63, 3.8) is 0 Å². The fraction of sp³-hybridized carbons (Fsp3) is 0.667. The lowest BCUT2D eigenvalue weighted by Crippen LogP contribution is -2.54. The molecule has 0 radical (unpaired) electrons. The number of ether oxygens (including phenoxy) is 1. The normalized spacial score (nSPS) is 32.3. The predicted octanol–water partition coefficient (Wildman–Crippen LogP) is 1.42. The third-order valence-corrected chi connectivity index (χ3v) is 3.21. The van der Waals surface area contributed by atoms with E-state index in [9.17, 15) is 0 Å². The van der Waals surface area contributed by atoms with Gasteiger partial charge in [-0.3, -0.25) is 0 Å². The summed E-state index contributed by atoms with van der Waals surface area (Å²) in [6.45, 7) is 7.14. The smallest absolute Gasteiger partial charge is 0.0764 e. The minimum atomic E-state index is -0.395. The van der Waals surface area contributed by atoms with Crippen molar-refractivity contribution in [2.75, 3.05) is 13.7 Å². The van der Waals surface area contributed by atoms with E-state index < -0.39 is 5.54 Å². The monoisotopic (exact) mass is 210 g/mol. The van der Waals surface area contributed by atoms with Crippen molar-refractivity contribution in [3.05, 3.63) is 23.9 Å². The summed E-state index contributed by atoms with van der Waals surface area (Å²) in [6.07, 6.45) is 6.27. The molecule has 0 aromatic carbocycles. The van der Waals surface area contributed by atoms with Gasteiger partial charge in [-0.05, 0) is 19.9 Å². The molecule has 0 amide bonds. The Kier molecular flexibility index (Phi) is 3.94. The zero-order valence-corrected chi connectivity index (χ0v) is 10.1. The van der Waals surface area contributed by atoms with Crippen molar-refractivity contribution in [1.82, 2.24) is 5.32 Å². The standard InChI is InChI=1S/C12H22N2O/c1-5-14-11-6-7-12(13,9(2)8-11)10(3)15-4/h6-10,14H,5,13H2,1-4H3. The Bertz CT molecular complexity index is 273. The molecule has 3 N–H and O–H groups in total. The van der Waals surface area contributed by atoms with E-state index in [2.05, 4.69) is 25.2 Å². The van der Waals surface area contributed by atoms with E-state index >= 15 is 0 Å². The van der Waals surface area contributed by atoms with Gasteiger partial charge < -0.3 is 15.8 Å². The van der Waals surface area contributed by atoms with Gasteiger partial charge in [0, 0.05) is 25.3 Å². The van der Waals surface area contributed by atoms with E-state index in [4.69, 9.17) is 10.5 Å². The lowest BCUT2D eigenvalue weighted by Gasteiger charge is -2.38. The molecule has 1 aliphatic rings. The lowest BCUT2D eigenvalue weighted by molar-refractivity contribution is 0.0535. The van der Waals surface area contributed by atoms with E-state index in [-0.39, 0.29) is 12.0 Å². The molecule has 0 bridgehead atoms. The van der Waals surface area contributed by atoms with E-state index in [0.29, 0.717) is 0 Å². The third-order valence-electron chi connectivity index (χ3n) is 3.21. The first kappa shape index (κ1) is 12.3. The number of nitrogens with two attached hydrogens (primary N) is 1. The van der Waals surface area contributed by atoms with E-state index in [1.807, 2.05) is 19.1 Å². The zero-order valence-electron chi connectivity index (χ0n) is 10.1. The Balaban J connectivity index is 2.80. The van der Waals surface area contributed by atoms with Gasteiger partial charge in [-0.2, -0.15) is 0 Å². The number of allylic oxidation sites excluding steroid dienone is 1. The van der Waals surface area contributed by atoms with Crippen molar-refractivity contribution in [2.45, 2.75) is 32.4 Å². The molecule has 15 heavy (non-hydrogen) atoms. The second-order valence-corrected chi connectivity index (χ2v) is 4.15. The van der Waals surface area contributed by atoms with Crippen LogP contribution in [0.3, 0.4) is 0 Å². The Hall–Kier alpha value is -0.800. The van der Waals surface area contributed by atoms with E-state index in [1.54, 1.807) is 7.11 Å². The minimum absolute atomic E-state index is 0.0168. The highest BCUT2D eigenvalue weighted by atomic mass is 16.5. The van der Waals surface area contributed by atoms with Crippen LogP contribution in [0.5, 0.6) is 0 Å². The molecule has 0 spiro atoms. The number of likely N-dealkylation sites (N-methyl/N-ethyl adjacent to an activating group) is 1. The highest BCUT2D eigenvalue weighted by molar-refractivity contribution is 5.31. The number of nitrogens with one attached hydrogen (secondary N) is 1. The van der Waals surface area contributed by atoms with Crippen molar-refractivity contribution >= 4 is 0 Å². The fourth-order valence-corrected chi connectivity index (χ4v) is 1.89. The molecule has 0 aromatic heterocycles. The van der Waals surface area contributed by atoms with Crippen LogP contribution in [0.15, 0.2) is 23.9 Å². The van der Waals surface area contributed by atoms with Crippen LogP contribution in [0.1, 0.15) is 20.8 Å². The summed E-state index contributed by atoms with van der Waals surface area (Å²) in [7, 11) is 1.70. The maximum Gasteiger partial charge on any atom is 0.0764 e. The first-order valence-electron chi connectivity index (χ1n) is 5.51. The summed E-state index contributed by atoms with van der Waals surface area (Å²) in [5, 5.41) is 3.29. The summed E-state index contributed by atoms with van der Waals surface area (Å²) in [4.78, 5) is 0. The van der Waals surface area contributed by atoms with Gasteiger partial charge in [0.15, 0.2) is 0 Å². The topological polar surface area (TPSA) is 47.3 Å². The maximum atomic E-state index is 6.33. The Labute approximate surface area is 92.4 Å². The molecule has 1 rings (SSSR count). The van der Waals surface area contributed by atoms with Gasteiger partial charge in [-0.1, -0.05) is 19.1 Å². The molecule has 3 atom stereocenters. The van der Waals surface area contributed by atoms with Gasteiger partial charge in [-0.15, -0.1) is 0 Å². The third kappa shape index (κ3) is 2.41. The van der Waals surface area contributed by atoms with Crippen LogP contribution in [0.2, 0.25) is 0 Å². The van der Waals surface area contributed by atoms with E-state index in [1.165, 1.54) is 0 Å². The molecule has 86 valence electrons. The second-order valence-electron chi connectivity index (χ2n) is 4.15. The molecule has 0 aromatic rings. The fourth-order valence-electron chi connectivity index (χ4n) is 1.89. The van der Waals surface area contributed by atoms with Crippen LogP contribution in [-0.2, 0) is 4.74 Å². The molecule has 3 nitrogen and oxygen atoms in total. The van der Waals surface area contributed by atoms with Crippen LogP contribution >= 0.6 is 0 Å². The maximum absolute atomic E-state index is 6.33. The second kappa shape index (κ2) is 4.81. The van der Waals surface area contributed by atoms with Crippen molar-refractivity contribution in [2.24, 2.45) is 11.7 Å². The number of hydrogen-bond acceptors (Lipinski definition) is 3. The predicted molar refractivity (Wildman–Crippen MR) is 63.5 cm³/mol.